The Kier molecular flexibility index (Phi) is 6.81. The molecule has 0 saturated carbocycles. The highest BCUT2D eigenvalue weighted by molar-refractivity contribution is 8.03. The van der Waals surface area contributed by atoms with Gasteiger partial charge in [0.2, 0.25) is 5.91 Å². The fourth-order valence-corrected chi connectivity index (χ4v) is 4.44. The topological polar surface area (TPSA) is 98.0 Å². The molecule has 0 bridgehead atoms. The molecule has 0 aliphatic carbocycles. The molecule has 23 heavy (non-hydrogen) atoms. The number of nitrogens with zero attached hydrogens (tertiary/aromatic N) is 3. The third-order valence-electron chi connectivity index (χ3n) is 2.55. The van der Waals surface area contributed by atoms with Crippen LogP contribution >= 0.6 is 34.9 Å². The number of nitro groups is 1. The molecule has 1 aromatic heterocycles. The standard InChI is InChI=1S/C13H14N4O3S3/c1-2-7-14-11(18)8-21-12-15-16-13(23-12)22-10-6-4-3-5-9(10)17(19)20/h3-6H,2,7-8H2,1H3,(H,14,18). The Labute approximate surface area is 145 Å². The van der Waals surface area contributed by atoms with Gasteiger partial charge in [-0.3, -0.25) is 14.9 Å². The smallest absolute Gasteiger partial charge is 0.283 e. The molecule has 0 atom stereocenters. The number of nitrogens with one attached hydrogen (secondary N) is 1. The first-order chi connectivity index (χ1) is 11.1. The first-order valence-corrected chi connectivity index (χ1v) is 9.36. The van der Waals surface area contributed by atoms with E-state index in [2.05, 4.69) is 15.5 Å². The van der Waals surface area contributed by atoms with Gasteiger partial charge in [-0.1, -0.05) is 53.9 Å². The van der Waals surface area contributed by atoms with E-state index in [-0.39, 0.29) is 17.3 Å². The Morgan fingerprint density at radius 1 is 1.35 bits per heavy atom. The fraction of sp³-hybridized carbons (Fsp3) is 0.308. The van der Waals surface area contributed by atoms with Crippen molar-refractivity contribution in [2.45, 2.75) is 26.9 Å². The summed E-state index contributed by atoms with van der Waals surface area (Å²) in [5.41, 5.74) is 0.0425. The number of carbonyl (C=O) groups is 1. The Morgan fingerprint density at radius 3 is 2.83 bits per heavy atom. The molecular formula is C13H14N4O3S3. The molecule has 2 rings (SSSR count). The lowest BCUT2D eigenvalue weighted by Gasteiger charge is -2.00. The van der Waals surface area contributed by atoms with Crippen LogP contribution in [0.3, 0.4) is 0 Å². The van der Waals surface area contributed by atoms with Crippen LogP contribution in [0.1, 0.15) is 13.3 Å². The number of rotatable bonds is 8. The molecule has 0 aliphatic rings. The van der Waals surface area contributed by atoms with Crippen molar-refractivity contribution in [1.82, 2.24) is 15.5 Å². The normalized spacial score (nSPS) is 10.5. The lowest BCUT2D eigenvalue weighted by atomic mass is 10.3. The Morgan fingerprint density at radius 2 is 2.09 bits per heavy atom. The lowest BCUT2D eigenvalue weighted by molar-refractivity contribution is -0.387. The van der Waals surface area contributed by atoms with Gasteiger partial charge in [-0.05, 0) is 12.5 Å². The molecule has 122 valence electrons. The van der Waals surface area contributed by atoms with Crippen LogP contribution in [0.15, 0.2) is 37.8 Å². The van der Waals surface area contributed by atoms with Gasteiger partial charge in [-0.15, -0.1) is 10.2 Å². The van der Waals surface area contributed by atoms with E-state index in [4.69, 9.17) is 0 Å². The molecule has 1 aromatic carbocycles. The zero-order valence-corrected chi connectivity index (χ0v) is 14.7. The van der Waals surface area contributed by atoms with Crippen molar-refractivity contribution in [3.05, 3.63) is 34.4 Å². The molecule has 1 amide bonds. The van der Waals surface area contributed by atoms with Crippen molar-refractivity contribution in [1.29, 1.82) is 0 Å². The predicted molar refractivity (Wildman–Crippen MR) is 91.2 cm³/mol. The van der Waals surface area contributed by atoms with E-state index in [0.717, 1.165) is 6.42 Å². The third kappa shape index (κ3) is 5.48. The number of hydrogen-bond donors (Lipinski definition) is 1. The highest BCUT2D eigenvalue weighted by atomic mass is 32.2. The zero-order valence-electron chi connectivity index (χ0n) is 12.2. The fourth-order valence-electron chi connectivity index (χ4n) is 1.53. The predicted octanol–water partition coefficient (Wildman–Crippen LogP) is 3.22. The summed E-state index contributed by atoms with van der Waals surface area (Å²) in [6, 6.07) is 6.49. The van der Waals surface area contributed by atoms with E-state index in [9.17, 15) is 14.9 Å². The summed E-state index contributed by atoms with van der Waals surface area (Å²) in [6.45, 7) is 2.65. The summed E-state index contributed by atoms with van der Waals surface area (Å²) < 4.78 is 1.27. The van der Waals surface area contributed by atoms with Crippen LogP contribution < -0.4 is 5.32 Å². The van der Waals surface area contributed by atoms with Crippen molar-refractivity contribution in [2.24, 2.45) is 0 Å². The molecule has 0 spiro atoms. The minimum Gasteiger partial charge on any atom is -0.355 e. The second kappa shape index (κ2) is 8.85. The van der Waals surface area contributed by atoms with Gasteiger partial charge in [0.25, 0.3) is 5.69 Å². The van der Waals surface area contributed by atoms with Gasteiger partial charge in [0, 0.05) is 12.6 Å². The maximum atomic E-state index is 11.5. The Balaban J connectivity index is 1.95. The summed E-state index contributed by atoms with van der Waals surface area (Å²) in [7, 11) is 0. The second-order valence-electron chi connectivity index (χ2n) is 4.30. The minimum atomic E-state index is -0.420. The third-order valence-corrected chi connectivity index (χ3v) is 5.72. The van der Waals surface area contributed by atoms with Crippen LogP contribution in [-0.4, -0.2) is 33.3 Å². The number of nitro benzene ring substituents is 1. The van der Waals surface area contributed by atoms with Crippen LogP contribution in [0.25, 0.3) is 0 Å². The number of hydrogen-bond acceptors (Lipinski definition) is 8. The van der Waals surface area contributed by atoms with E-state index >= 15 is 0 Å². The van der Waals surface area contributed by atoms with E-state index in [0.29, 0.717) is 20.1 Å². The summed E-state index contributed by atoms with van der Waals surface area (Å²) in [4.78, 5) is 22.6. The molecule has 7 nitrogen and oxygen atoms in total. The number of amides is 1. The lowest BCUT2D eigenvalue weighted by Crippen LogP contribution is -2.25. The van der Waals surface area contributed by atoms with Gasteiger partial charge in [0.05, 0.1) is 15.6 Å². The van der Waals surface area contributed by atoms with Crippen LogP contribution in [0.4, 0.5) is 5.69 Å². The molecule has 0 saturated heterocycles. The molecule has 1 N–H and O–H groups in total. The molecule has 0 unspecified atom stereocenters. The molecule has 0 aliphatic heterocycles. The van der Waals surface area contributed by atoms with E-state index < -0.39 is 4.92 Å². The van der Waals surface area contributed by atoms with Crippen molar-refractivity contribution in [3.63, 3.8) is 0 Å². The number of aromatic nitrogens is 2. The summed E-state index contributed by atoms with van der Waals surface area (Å²) in [5.74, 6) is 0.241. The van der Waals surface area contributed by atoms with Crippen molar-refractivity contribution >= 4 is 46.5 Å². The molecule has 0 fully saturated rings. The maximum Gasteiger partial charge on any atom is 0.283 e. The molecular weight excluding hydrogens is 356 g/mol. The maximum absolute atomic E-state index is 11.5. The van der Waals surface area contributed by atoms with Gasteiger partial charge in [-0.25, -0.2) is 0 Å². The van der Waals surface area contributed by atoms with Crippen molar-refractivity contribution < 1.29 is 9.72 Å². The van der Waals surface area contributed by atoms with E-state index in [1.54, 1.807) is 18.2 Å². The Bertz CT molecular complexity index is 693. The largest absolute Gasteiger partial charge is 0.355 e. The monoisotopic (exact) mass is 370 g/mol. The van der Waals surface area contributed by atoms with Gasteiger partial charge >= 0.3 is 0 Å². The van der Waals surface area contributed by atoms with Gasteiger partial charge < -0.3 is 5.32 Å². The van der Waals surface area contributed by atoms with Crippen LogP contribution in [0.5, 0.6) is 0 Å². The van der Waals surface area contributed by atoms with Crippen molar-refractivity contribution in [3.8, 4) is 0 Å². The van der Waals surface area contributed by atoms with Gasteiger partial charge in [0.15, 0.2) is 8.68 Å². The van der Waals surface area contributed by atoms with Gasteiger partial charge in [-0.2, -0.15) is 0 Å². The Hall–Kier alpha value is -1.65. The SMILES string of the molecule is CCCNC(=O)CSc1nnc(Sc2ccccc2[N+](=O)[O-])s1. The number of benzene rings is 1. The highest BCUT2D eigenvalue weighted by Crippen LogP contribution is 2.37. The quantitative estimate of drug-likeness (QED) is 0.433. The zero-order chi connectivity index (χ0) is 16.7. The van der Waals surface area contributed by atoms with Crippen LogP contribution in [-0.2, 0) is 4.79 Å². The van der Waals surface area contributed by atoms with Gasteiger partial charge in [0.1, 0.15) is 0 Å². The first-order valence-electron chi connectivity index (χ1n) is 6.74. The molecule has 2 aromatic rings. The molecule has 0 radical (unpaired) electrons. The number of para-hydroxylation sites is 1. The van der Waals surface area contributed by atoms with Crippen LogP contribution in [0, 0.1) is 10.1 Å². The molecule has 10 heteroatoms. The van der Waals surface area contributed by atoms with Crippen molar-refractivity contribution in [2.75, 3.05) is 12.3 Å². The first kappa shape index (κ1) is 17.7. The number of thioether (sulfide) groups is 1. The second-order valence-corrected chi connectivity index (χ2v) is 7.79. The average Bonchev–Trinajstić information content (AvgIpc) is 2.98. The highest BCUT2D eigenvalue weighted by Gasteiger charge is 2.16. The summed E-state index contributed by atoms with van der Waals surface area (Å²) in [5, 5.41) is 21.8. The van der Waals surface area contributed by atoms with Crippen LogP contribution in [0.2, 0.25) is 0 Å². The number of carbonyl (C=O) groups excluding carboxylic acids is 1. The van der Waals surface area contributed by atoms with E-state index in [1.165, 1.54) is 40.9 Å². The van der Waals surface area contributed by atoms with E-state index in [1.807, 2.05) is 6.92 Å². The molecule has 1 heterocycles. The summed E-state index contributed by atoms with van der Waals surface area (Å²) in [6.07, 6.45) is 0.895. The average molecular weight is 370 g/mol. The minimum absolute atomic E-state index is 0.0417. The summed E-state index contributed by atoms with van der Waals surface area (Å²) >= 11 is 3.82.